The smallest absolute Gasteiger partial charge is 0.327 e. The molecule has 0 aromatic heterocycles. The van der Waals surface area contributed by atoms with Gasteiger partial charge in [-0.25, -0.2) is 9.59 Å². The Hall–Kier alpha value is -2.16. The van der Waals surface area contributed by atoms with E-state index in [1.54, 1.807) is 0 Å². The molecule has 9 heteroatoms. The van der Waals surface area contributed by atoms with Gasteiger partial charge < -0.3 is 20.0 Å². The topological polar surface area (TPSA) is 118 Å². The quantitative estimate of drug-likeness (QED) is 0.575. The number of hydrogen-bond acceptors (Lipinski definition) is 5. The Kier molecular flexibility index (Phi) is 3.62. The predicted molar refractivity (Wildman–Crippen MR) is 63.5 cm³/mol. The Labute approximate surface area is 114 Å². The average molecular weight is 285 g/mol. The van der Waals surface area contributed by atoms with Crippen LogP contribution in [0.5, 0.6) is 0 Å². The molecule has 2 aliphatic heterocycles. The molecule has 2 heterocycles. The minimum Gasteiger partial charge on any atom is -0.480 e. The summed E-state index contributed by atoms with van der Waals surface area (Å²) >= 11 is 0. The maximum absolute atomic E-state index is 12.0. The molecule has 0 aromatic carbocycles. The summed E-state index contributed by atoms with van der Waals surface area (Å²) in [5, 5.41) is 18.5. The van der Waals surface area contributed by atoms with Gasteiger partial charge in [0, 0.05) is 20.0 Å². The second-order valence-electron chi connectivity index (χ2n) is 4.91. The van der Waals surface area contributed by atoms with Crippen LogP contribution in [0, 0.1) is 0 Å². The van der Waals surface area contributed by atoms with Gasteiger partial charge in [0.05, 0.1) is 6.10 Å². The van der Waals surface area contributed by atoms with Crippen LogP contribution in [-0.4, -0.2) is 87.6 Å². The van der Waals surface area contributed by atoms with Crippen molar-refractivity contribution in [3.05, 3.63) is 0 Å². The SMILES string of the molecule is CN1CC(=O)N(CC(=O)N2C[C@@H](O)C[C@H]2C(=O)O)C1=O. The van der Waals surface area contributed by atoms with Crippen LogP contribution in [0.2, 0.25) is 0 Å². The number of β-amino-alcohol motifs (C(OH)–C–C–N with tert-alkyl or cyclic N) is 1. The van der Waals surface area contributed by atoms with Crippen LogP contribution >= 0.6 is 0 Å². The normalized spacial score (nSPS) is 26.6. The van der Waals surface area contributed by atoms with E-state index in [0.29, 0.717) is 0 Å². The molecule has 2 saturated heterocycles. The van der Waals surface area contributed by atoms with E-state index in [0.717, 1.165) is 9.80 Å². The van der Waals surface area contributed by atoms with Crippen molar-refractivity contribution in [1.29, 1.82) is 0 Å². The van der Waals surface area contributed by atoms with E-state index in [2.05, 4.69) is 0 Å². The molecule has 2 N–H and O–H groups in total. The molecule has 0 spiro atoms. The van der Waals surface area contributed by atoms with Crippen LogP contribution in [0.4, 0.5) is 4.79 Å². The summed E-state index contributed by atoms with van der Waals surface area (Å²) in [6.07, 6.45) is -0.962. The highest BCUT2D eigenvalue weighted by molar-refractivity contribution is 6.04. The molecular weight excluding hydrogens is 270 g/mol. The zero-order chi connectivity index (χ0) is 15.0. The summed E-state index contributed by atoms with van der Waals surface area (Å²) in [5.41, 5.74) is 0. The molecule has 0 aliphatic carbocycles. The van der Waals surface area contributed by atoms with Crippen LogP contribution in [0.1, 0.15) is 6.42 Å². The second kappa shape index (κ2) is 5.08. The molecular formula is C11H15N3O6. The van der Waals surface area contributed by atoms with E-state index in [4.69, 9.17) is 5.11 Å². The molecule has 0 bridgehead atoms. The fraction of sp³-hybridized carbons (Fsp3) is 0.636. The number of hydrogen-bond donors (Lipinski definition) is 2. The molecule has 4 amide bonds. The Bertz CT molecular complexity index is 479. The monoisotopic (exact) mass is 285 g/mol. The molecule has 2 rings (SSSR count). The first-order chi connectivity index (χ1) is 9.31. The fourth-order valence-corrected chi connectivity index (χ4v) is 2.37. The van der Waals surface area contributed by atoms with Gasteiger partial charge in [0.25, 0.3) is 5.91 Å². The van der Waals surface area contributed by atoms with Gasteiger partial charge in [0.2, 0.25) is 5.91 Å². The van der Waals surface area contributed by atoms with Crippen molar-refractivity contribution >= 4 is 23.8 Å². The van der Waals surface area contributed by atoms with E-state index >= 15 is 0 Å². The number of imide groups is 1. The van der Waals surface area contributed by atoms with Crippen LogP contribution in [0.25, 0.3) is 0 Å². The third-order valence-electron chi connectivity index (χ3n) is 3.41. The summed E-state index contributed by atoms with van der Waals surface area (Å²) in [6, 6.07) is -1.71. The van der Waals surface area contributed by atoms with Gasteiger partial charge in [0.1, 0.15) is 19.1 Å². The van der Waals surface area contributed by atoms with E-state index in [1.807, 2.05) is 0 Å². The molecule has 0 aromatic rings. The second-order valence-corrected chi connectivity index (χ2v) is 4.91. The number of aliphatic carboxylic acids is 1. The van der Waals surface area contributed by atoms with Gasteiger partial charge >= 0.3 is 12.0 Å². The minimum atomic E-state index is -1.22. The lowest BCUT2D eigenvalue weighted by atomic mass is 10.2. The summed E-state index contributed by atoms with van der Waals surface area (Å²) in [4.78, 5) is 49.2. The van der Waals surface area contributed by atoms with Gasteiger partial charge in [-0.3, -0.25) is 14.5 Å². The fourth-order valence-electron chi connectivity index (χ4n) is 2.37. The maximum atomic E-state index is 12.0. The Morgan fingerprint density at radius 2 is 2.00 bits per heavy atom. The Morgan fingerprint density at radius 3 is 2.50 bits per heavy atom. The van der Waals surface area contributed by atoms with E-state index in [9.17, 15) is 24.3 Å². The van der Waals surface area contributed by atoms with Crippen LogP contribution in [0.15, 0.2) is 0 Å². The lowest BCUT2D eigenvalue weighted by Gasteiger charge is -2.23. The molecule has 0 saturated carbocycles. The zero-order valence-electron chi connectivity index (χ0n) is 10.9. The Balaban J connectivity index is 2.06. The molecule has 0 unspecified atom stereocenters. The summed E-state index contributed by atoms with van der Waals surface area (Å²) in [5.74, 6) is -2.38. The molecule has 2 aliphatic rings. The maximum Gasteiger partial charge on any atom is 0.327 e. The summed E-state index contributed by atoms with van der Waals surface area (Å²) < 4.78 is 0. The number of carbonyl (C=O) groups is 4. The molecule has 110 valence electrons. The highest BCUT2D eigenvalue weighted by atomic mass is 16.4. The Morgan fingerprint density at radius 1 is 1.35 bits per heavy atom. The number of nitrogens with zero attached hydrogens (tertiary/aromatic N) is 3. The van der Waals surface area contributed by atoms with Gasteiger partial charge in [-0.15, -0.1) is 0 Å². The average Bonchev–Trinajstić information content (AvgIpc) is 2.85. The number of carbonyl (C=O) groups excluding carboxylic acids is 3. The van der Waals surface area contributed by atoms with Crippen molar-refractivity contribution in [2.45, 2.75) is 18.6 Å². The number of carboxylic acids is 1. The standard InChI is InChI=1S/C11H15N3O6/c1-12-4-8(16)14(11(12)20)5-9(17)13-3-6(15)2-7(13)10(18)19/h6-7,15H,2-5H2,1H3,(H,18,19)/t6-,7-/m0/s1. The van der Waals surface area contributed by atoms with Crippen molar-refractivity contribution in [2.24, 2.45) is 0 Å². The predicted octanol–water partition coefficient (Wildman–Crippen LogP) is -2.07. The van der Waals surface area contributed by atoms with Crippen molar-refractivity contribution < 1.29 is 29.4 Å². The number of aliphatic hydroxyl groups excluding tert-OH is 1. The van der Waals surface area contributed by atoms with Gasteiger partial charge in [-0.05, 0) is 0 Å². The van der Waals surface area contributed by atoms with Gasteiger partial charge in [0.15, 0.2) is 0 Å². The number of aliphatic hydroxyl groups is 1. The molecule has 9 nitrogen and oxygen atoms in total. The lowest BCUT2D eigenvalue weighted by molar-refractivity contribution is -0.148. The number of likely N-dealkylation sites (tertiary alicyclic amines) is 1. The summed E-state index contributed by atoms with van der Waals surface area (Å²) in [6.45, 7) is -0.711. The third kappa shape index (κ3) is 2.44. The molecule has 2 atom stereocenters. The lowest BCUT2D eigenvalue weighted by Crippen LogP contribution is -2.47. The number of carboxylic acid groups (broad SMARTS) is 1. The minimum absolute atomic E-state index is 0.0527. The highest BCUT2D eigenvalue weighted by Gasteiger charge is 2.42. The van der Waals surface area contributed by atoms with Crippen molar-refractivity contribution in [2.75, 3.05) is 26.7 Å². The third-order valence-corrected chi connectivity index (χ3v) is 3.41. The first kappa shape index (κ1) is 14.3. The van der Waals surface area contributed by atoms with Crippen LogP contribution in [0.3, 0.4) is 0 Å². The first-order valence-electron chi connectivity index (χ1n) is 6.07. The van der Waals surface area contributed by atoms with E-state index in [1.165, 1.54) is 11.9 Å². The molecule has 20 heavy (non-hydrogen) atoms. The van der Waals surface area contributed by atoms with E-state index < -0.39 is 42.5 Å². The number of urea groups is 1. The zero-order valence-corrected chi connectivity index (χ0v) is 10.9. The molecule has 0 radical (unpaired) electrons. The van der Waals surface area contributed by atoms with E-state index in [-0.39, 0.29) is 19.5 Å². The van der Waals surface area contributed by atoms with Crippen molar-refractivity contribution in [3.63, 3.8) is 0 Å². The number of likely N-dealkylation sites (N-methyl/N-ethyl adjacent to an activating group) is 1. The number of rotatable bonds is 3. The van der Waals surface area contributed by atoms with Gasteiger partial charge in [-0.1, -0.05) is 0 Å². The molecule has 2 fully saturated rings. The van der Waals surface area contributed by atoms with Crippen LogP contribution < -0.4 is 0 Å². The van der Waals surface area contributed by atoms with Crippen molar-refractivity contribution in [3.8, 4) is 0 Å². The summed E-state index contributed by atoms with van der Waals surface area (Å²) in [7, 11) is 1.43. The van der Waals surface area contributed by atoms with Crippen molar-refractivity contribution in [1.82, 2.24) is 14.7 Å². The first-order valence-corrected chi connectivity index (χ1v) is 6.07. The largest absolute Gasteiger partial charge is 0.480 e. The van der Waals surface area contributed by atoms with Crippen LogP contribution in [-0.2, 0) is 14.4 Å². The van der Waals surface area contributed by atoms with Gasteiger partial charge in [-0.2, -0.15) is 0 Å². The highest BCUT2D eigenvalue weighted by Crippen LogP contribution is 2.19. The number of amides is 4.